The van der Waals surface area contributed by atoms with Crippen LogP contribution in [-0.4, -0.2) is 15.0 Å². The Morgan fingerprint density at radius 2 is 1.08 bits per heavy atom. The summed E-state index contributed by atoms with van der Waals surface area (Å²) >= 11 is 0. The van der Waals surface area contributed by atoms with Gasteiger partial charge in [-0.25, -0.2) is 9.97 Å². The van der Waals surface area contributed by atoms with Crippen molar-refractivity contribution in [2.24, 2.45) is 0 Å². The van der Waals surface area contributed by atoms with Crippen molar-refractivity contribution in [2.45, 2.75) is 19.3 Å². The Balaban J connectivity index is 1.16. The standard InChI is InChI=1S/C50H35N3/c1-50(2)44-27-24-32-13-6-7-19-37(32)47(44)43-23-11-22-41(48(43)50)40-25-26-42(39-21-9-8-20-38(39)40)49-52-45(33-14-4-3-5-15-33)30-46(53-49)35-17-10-16-34(29-35)36-18-12-28-51-31-36/h3-31H,1-2H3. The van der Waals surface area contributed by atoms with E-state index in [1.165, 1.54) is 49.5 Å². The molecule has 0 spiro atoms. The minimum absolute atomic E-state index is 0.169. The molecule has 0 bridgehead atoms. The topological polar surface area (TPSA) is 38.7 Å². The predicted molar refractivity (Wildman–Crippen MR) is 220 cm³/mol. The lowest BCUT2D eigenvalue weighted by Gasteiger charge is -2.25. The second kappa shape index (κ2) is 12.2. The summed E-state index contributed by atoms with van der Waals surface area (Å²) in [6.45, 7) is 4.75. The first kappa shape index (κ1) is 31.1. The molecule has 0 radical (unpaired) electrons. The van der Waals surface area contributed by atoms with Crippen molar-refractivity contribution in [2.75, 3.05) is 0 Å². The summed E-state index contributed by atoms with van der Waals surface area (Å²) < 4.78 is 0. The largest absolute Gasteiger partial charge is 0.264 e. The van der Waals surface area contributed by atoms with E-state index in [1.807, 2.05) is 18.3 Å². The lowest BCUT2D eigenvalue weighted by Crippen LogP contribution is -2.16. The molecule has 0 aliphatic heterocycles. The Hall–Kier alpha value is -6.71. The quantitative estimate of drug-likeness (QED) is 0.182. The van der Waals surface area contributed by atoms with Gasteiger partial charge in [0.25, 0.3) is 0 Å². The van der Waals surface area contributed by atoms with E-state index in [1.54, 1.807) is 6.20 Å². The number of aromatic nitrogens is 3. The first-order valence-electron chi connectivity index (χ1n) is 18.2. The van der Waals surface area contributed by atoms with Crippen LogP contribution in [0.3, 0.4) is 0 Å². The van der Waals surface area contributed by atoms with E-state index >= 15 is 0 Å². The molecule has 3 heteroatoms. The van der Waals surface area contributed by atoms with E-state index in [-0.39, 0.29) is 5.41 Å². The molecule has 0 amide bonds. The van der Waals surface area contributed by atoms with Crippen molar-refractivity contribution in [1.29, 1.82) is 0 Å². The molecule has 2 heterocycles. The molecule has 0 fully saturated rings. The van der Waals surface area contributed by atoms with Crippen molar-refractivity contribution in [3.63, 3.8) is 0 Å². The summed E-state index contributed by atoms with van der Waals surface area (Å²) in [6.07, 6.45) is 3.70. The highest BCUT2D eigenvalue weighted by Gasteiger charge is 2.38. The SMILES string of the molecule is CC1(C)c2ccc3ccccc3c2-c2cccc(-c3ccc(-c4nc(-c5ccccc5)cc(-c5cccc(-c6cccnc6)c5)n4)c4ccccc34)c21. The van der Waals surface area contributed by atoms with Crippen LogP contribution in [0.5, 0.6) is 0 Å². The molecule has 7 aromatic carbocycles. The van der Waals surface area contributed by atoms with Gasteiger partial charge in [0, 0.05) is 40.1 Å². The molecule has 2 aromatic heterocycles. The zero-order chi connectivity index (χ0) is 35.5. The Bertz CT molecular complexity index is 2860. The van der Waals surface area contributed by atoms with Crippen LogP contribution >= 0.6 is 0 Å². The van der Waals surface area contributed by atoms with Crippen LogP contribution in [0.2, 0.25) is 0 Å². The van der Waals surface area contributed by atoms with Gasteiger partial charge in [-0.05, 0) is 84.8 Å². The molecule has 0 saturated carbocycles. The molecule has 1 aliphatic rings. The molecule has 1 aliphatic carbocycles. The smallest absolute Gasteiger partial charge is 0.161 e. The van der Waals surface area contributed by atoms with Gasteiger partial charge in [0.2, 0.25) is 0 Å². The number of rotatable bonds is 5. The Labute approximate surface area is 309 Å². The summed E-state index contributed by atoms with van der Waals surface area (Å²) in [6, 6.07) is 58.5. The predicted octanol–water partition coefficient (Wildman–Crippen LogP) is 12.8. The van der Waals surface area contributed by atoms with Crippen LogP contribution in [0.25, 0.3) is 88.8 Å². The average molecular weight is 678 g/mol. The van der Waals surface area contributed by atoms with Gasteiger partial charge >= 0.3 is 0 Å². The van der Waals surface area contributed by atoms with Gasteiger partial charge in [-0.15, -0.1) is 0 Å². The maximum absolute atomic E-state index is 5.30. The van der Waals surface area contributed by atoms with E-state index < -0.39 is 0 Å². The fourth-order valence-corrected chi connectivity index (χ4v) is 8.47. The lowest BCUT2D eigenvalue weighted by atomic mass is 9.78. The van der Waals surface area contributed by atoms with Gasteiger partial charge in [0.15, 0.2) is 5.82 Å². The highest BCUT2D eigenvalue weighted by Crippen LogP contribution is 2.55. The Morgan fingerprint density at radius 1 is 0.434 bits per heavy atom. The molecule has 0 unspecified atom stereocenters. The van der Waals surface area contributed by atoms with Gasteiger partial charge in [-0.2, -0.15) is 0 Å². The molecule has 10 rings (SSSR count). The molecule has 250 valence electrons. The van der Waals surface area contributed by atoms with E-state index in [4.69, 9.17) is 9.97 Å². The van der Waals surface area contributed by atoms with Crippen LogP contribution < -0.4 is 0 Å². The second-order valence-electron chi connectivity index (χ2n) is 14.4. The van der Waals surface area contributed by atoms with E-state index in [9.17, 15) is 0 Å². The maximum atomic E-state index is 5.30. The average Bonchev–Trinajstić information content (AvgIpc) is 3.47. The third-order valence-corrected chi connectivity index (χ3v) is 11.0. The molecule has 0 saturated heterocycles. The van der Waals surface area contributed by atoms with Crippen molar-refractivity contribution in [1.82, 2.24) is 15.0 Å². The fraction of sp³-hybridized carbons (Fsp3) is 0.0600. The van der Waals surface area contributed by atoms with Gasteiger partial charge in [-0.3, -0.25) is 4.98 Å². The number of benzene rings is 7. The van der Waals surface area contributed by atoms with Crippen molar-refractivity contribution < 1.29 is 0 Å². The molecule has 0 N–H and O–H groups in total. The van der Waals surface area contributed by atoms with Crippen molar-refractivity contribution in [3.05, 3.63) is 187 Å². The second-order valence-corrected chi connectivity index (χ2v) is 14.4. The highest BCUT2D eigenvalue weighted by atomic mass is 14.9. The number of pyridine rings is 1. The maximum Gasteiger partial charge on any atom is 0.161 e. The van der Waals surface area contributed by atoms with Crippen molar-refractivity contribution in [3.8, 4) is 67.3 Å². The van der Waals surface area contributed by atoms with Gasteiger partial charge < -0.3 is 0 Å². The number of fused-ring (bicyclic) bond motifs is 6. The van der Waals surface area contributed by atoms with E-state index in [0.717, 1.165) is 44.6 Å². The summed E-state index contributed by atoms with van der Waals surface area (Å²) in [5.41, 5.74) is 14.8. The van der Waals surface area contributed by atoms with Crippen LogP contribution in [-0.2, 0) is 5.41 Å². The molecule has 3 nitrogen and oxygen atoms in total. The van der Waals surface area contributed by atoms with Gasteiger partial charge in [-0.1, -0.05) is 153 Å². The molecular weight excluding hydrogens is 643 g/mol. The molecule has 9 aromatic rings. The van der Waals surface area contributed by atoms with Crippen LogP contribution in [0.15, 0.2) is 176 Å². The number of hydrogen-bond donors (Lipinski definition) is 0. The summed E-state index contributed by atoms with van der Waals surface area (Å²) in [7, 11) is 0. The first-order chi connectivity index (χ1) is 26.0. The highest BCUT2D eigenvalue weighted by molar-refractivity contribution is 6.08. The normalized spacial score (nSPS) is 12.9. The number of nitrogens with zero attached hydrogens (tertiary/aromatic N) is 3. The lowest BCUT2D eigenvalue weighted by molar-refractivity contribution is 0.662. The third-order valence-electron chi connectivity index (χ3n) is 11.0. The van der Waals surface area contributed by atoms with Gasteiger partial charge in [0.05, 0.1) is 11.4 Å². The Kier molecular flexibility index (Phi) is 7.16. The Morgan fingerprint density at radius 3 is 1.89 bits per heavy atom. The summed E-state index contributed by atoms with van der Waals surface area (Å²) in [5, 5.41) is 4.90. The minimum Gasteiger partial charge on any atom is -0.264 e. The van der Waals surface area contributed by atoms with Gasteiger partial charge in [0.1, 0.15) is 0 Å². The van der Waals surface area contributed by atoms with Crippen LogP contribution in [0.1, 0.15) is 25.0 Å². The molecule has 53 heavy (non-hydrogen) atoms. The monoisotopic (exact) mass is 677 g/mol. The molecular formula is C50H35N3. The molecule has 0 atom stereocenters. The van der Waals surface area contributed by atoms with E-state index in [2.05, 4.69) is 170 Å². The fourth-order valence-electron chi connectivity index (χ4n) is 8.47. The first-order valence-corrected chi connectivity index (χ1v) is 18.2. The van der Waals surface area contributed by atoms with E-state index in [0.29, 0.717) is 5.82 Å². The third kappa shape index (κ3) is 5.08. The zero-order valence-electron chi connectivity index (χ0n) is 29.6. The zero-order valence-corrected chi connectivity index (χ0v) is 29.6. The van der Waals surface area contributed by atoms with Crippen LogP contribution in [0.4, 0.5) is 0 Å². The van der Waals surface area contributed by atoms with Crippen molar-refractivity contribution >= 4 is 21.5 Å². The summed E-state index contributed by atoms with van der Waals surface area (Å²) in [4.78, 5) is 14.9. The van der Waals surface area contributed by atoms with Crippen LogP contribution in [0, 0.1) is 0 Å². The minimum atomic E-state index is -0.169. The number of hydrogen-bond acceptors (Lipinski definition) is 3. The summed E-state index contributed by atoms with van der Waals surface area (Å²) in [5.74, 6) is 0.702.